The molecule has 62 valence electrons. The van der Waals surface area contributed by atoms with Gasteiger partial charge in [-0.05, 0) is 33.4 Å². The van der Waals surface area contributed by atoms with Gasteiger partial charge in [0.15, 0.2) is 0 Å². The molecule has 3 heteroatoms. The molecule has 0 amide bonds. The highest BCUT2D eigenvalue weighted by molar-refractivity contribution is 5.80. The maximum atomic E-state index is 10.7. The van der Waals surface area contributed by atoms with Gasteiger partial charge in [-0.2, -0.15) is 0 Å². The first-order chi connectivity index (χ1) is 5.01. The first kappa shape index (κ1) is 7.10. The van der Waals surface area contributed by atoms with Crippen LogP contribution in [0.1, 0.15) is 19.3 Å². The van der Waals surface area contributed by atoms with Gasteiger partial charge in [0, 0.05) is 5.54 Å². The molecule has 0 aromatic carbocycles. The average molecular weight is 155 g/mol. The monoisotopic (exact) mass is 155 g/mol. The molecule has 0 saturated heterocycles. The summed E-state index contributed by atoms with van der Waals surface area (Å²) in [5.74, 6) is -0.596. The van der Waals surface area contributed by atoms with Crippen molar-refractivity contribution in [1.29, 1.82) is 0 Å². The van der Waals surface area contributed by atoms with E-state index in [1.807, 2.05) is 14.1 Å². The summed E-state index contributed by atoms with van der Waals surface area (Å²) in [5.41, 5.74) is -0.0529. The topological polar surface area (TPSA) is 40.5 Å². The molecule has 3 saturated carbocycles. The minimum Gasteiger partial charge on any atom is -0.481 e. The average Bonchev–Trinajstić information content (AvgIpc) is 1.51. The zero-order valence-electron chi connectivity index (χ0n) is 6.92. The molecule has 3 aliphatic carbocycles. The fraction of sp³-hybridized carbons (Fsp3) is 0.875. The summed E-state index contributed by atoms with van der Waals surface area (Å²) in [7, 11) is 4.07. The fourth-order valence-corrected chi connectivity index (χ4v) is 2.44. The summed E-state index contributed by atoms with van der Waals surface area (Å²) >= 11 is 0. The number of carboxylic acid groups (broad SMARTS) is 1. The Bertz CT molecular complexity index is 202. The Kier molecular flexibility index (Phi) is 1.04. The summed E-state index contributed by atoms with van der Waals surface area (Å²) < 4.78 is 0. The summed E-state index contributed by atoms with van der Waals surface area (Å²) in [5, 5.41) is 8.81. The van der Waals surface area contributed by atoms with Crippen molar-refractivity contribution in [1.82, 2.24) is 4.90 Å². The lowest BCUT2D eigenvalue weighted by Crippen LogP contribution is -2.75. The third-order valence-electron chi connectivity index (χ3n) is 3.40. The van der Waals surface area contributed by atoms with Crippen LogP contribution < -0.4 is 0 Å². The molecule has 2 bridgehead atoms. The normalized spacial score (nSPS) is 46.5. The van der Waals surface area contributed by atoms with Crippen LogP contribution in [-0.4, -0.2) is 35.6 Å². The van der Waals surface area contributed by atoms with Gasteiger partial charge in [-0.1, -0.05) is 0 Å². The van der Waals surface area contributed by atoms with Crippen LogP contribution in [0.15, 0.2) is 0 Å². The summed E-state index contributed by atoms with van der Waals surface area (Å²) in [4.78, 5) is 12.9. The highest BCUT2D eigenvalue weighted by Gasteiger charge is 2.72. The van der Waals surface area contributed by atoms with Crippen molar-refractivity contribution in [2.45, 2.75) is 24.8 Å². The van der Waals surface area contributed by atoms with Gasteiger partial charge in [0.2, 0.25) is 0 Å². The maximum absolute atomic E-state index is 10.7. The van der Waals surface area contributed by atoms with E-state index in [1.54, 1.807) is 0 Å². The molecule has 0 atom stereocenters. The third-order valence-corrected chi connectivity index (χ3v) is 3.40. The number of nitrogens with zero attached hydrogens (tertiary/aromatic N) is 1. The molecule has 0 aromatic rings. The zero-order chi connectivity index (χ0) is 8.28. The molecule has 0 spiro atoms. The molecule has 0 aliphatic heterocycles. The Morgan fingerprint density at radius 1 is 1.36 bits per heavy atom. The number of carboxylic acids is 1. The van der Waals surface area contributed by atoms with Crippen molar-refractivity contribution in [3.8, 4) is 0 Å². The van der Waals surface area contributed by atoms with Gasteiger partial charge >= 0.3 is 5.97 Å². The molecule has 0 radical (unpaired) electrons. The zero-order valence-corrected chi connectivity index (χ0v) is 6.92. The van der Waals surface area contributed by atoms with Crippen LogP contribution in [0.2, 0.25) is 0 Å². The molecule has 3 rings (SSSR count). The van der Waals surface area contributed by atoms with Crippen LogP contribution in [0.4, 0.5) is 0 Å². The SMILES string of the molecule is CN(C)C12CC(C(=O)O)(C1)C2. The summed E-state index contributed by atoms with van der Waals surface area (Å²) in [6.45, 7) is 0. The van der Waals surface area contributed by atoms with Gasteiger partial charge in [-0.3, -0.25) is 4.79 Å². The predicted octanol–water partition coefficient (Wildman–Crippen LogP) is 0.555. The highest BCUT2D eigenvalue weighted by atomic mass is 16.4. The number of aliphatic carboxylic acids is 1. The van der Waals surface area contributed by atoms with Gasteiger partial charge < -0.3 is 10.0 Å². The van der Waals surface area contributed by atoms with Gasteiger partial charge in [0.1, 0.15) is 0 Å². The smallest absolute Gasteiger partial charge is 0.309 e. The van der Waals surface area contributed by atoms with Gasteiger partial charge in [0.25, 0.3) is 0 Å². The molecular weight excluding hydrogens is 142 g/mol. The van der Waals surface area contributed by atoms with Crippen molar-refractivity contribution < 1.29 is 9.90 Å². The van der Waals surface area contributed by atoms with E-state index in [0.717, 1.165) is 19.3 Å². The largest absolute Gasteiger partial charge is 0.481 e. The second-order valence-electron chi connectivity index (χ2n) is 4.23. The number of hydrogen-bond donors (Lipinski definition) is 1. The van der Waals surface area contributed by atoms with E-state index in [-0.39, 0.29) is 11.0 Å². The molecule has 3 nitrogen and oxygen atoms in total. The second-order valence-corrected chi connectivity index (χ2v) is 4.23. The van der Waals surface area contributed by atoms with Crippen LogP contribution in [0.5, 0.6) is 0 Å². The van der Waals surface area contributed by atoms with E-state index in [1.165, 1.54) is 0 Å². The van der Waals surface area contributed by atoms with Crippen molar-refractivity contribution in [3.05, 3.63) is 0 Å². The standard InChI is InChI=1S/C8H13NO2/c1-9(2)8-3-7(4-8,5-8)6(10)11/h3-5H2,1-2H3,(H,10,11). The van der Waals surface area contributed by atoms with Crippen LogP contribution in [-0.2, 0) is 4.79 Å². The van der Waals surface area contributed by atoms with Crippen molar-refractivity contribution in [2.24, 2.45) is 5.41 Å². The first-order valence-corrected chi connectivity index (χ1v) is 3.92. The van der Waals surface area contributed by atoms with Gasteiger partial charge in [0.05, 0.1) is 5.41 Å². The fourth-order valence-electron chi connectivity index (χ4n) is 2.44. The summed E-state index contributed by atoms with van der Waals surface area (Å²) in [6.07, 6.45) is 2.59. The van der Waals surface area contributed by atoms with E-state index in [9.17, 15) is 4.79 Å². The van der Waals surface area contributed by atoms with E-state index in [4.69, 9.17) is 5.11 Å². The van der Waals surface area contributed by atoms with E-state index in [2.05, 4.69) is 4.90 Å². The number of hydrogen-bond acceptors (Lipinski definition) is 2. The Morgan fingerprint density at radius 2 is 1.82 bits per heavy atom. The van der Waals surface area contributed by atoms with E-state index >= 15 is 0 Å². The summed E-state index contributed by atoms with van der Waals surface area (Å²) in [6, 6.07) is 0. The minimum absolute atomic E-state index is 0.262. The lowest BCUT2D eigenvalue weighted by molar-refractivity contribution is -0.223. The molecule has 11 heavy (non-hydrogen) atoms. The molecular formula is C8H13NO2. The van der Waals surface area contributed by atoms with Crippen LogP contribution in [0.3, 0.4) is 0 Å². The van der Waals surface area contributed by atoms with E-state index < -0.39 is 5.97 Å². The quantitative estimate of drug-likeness (QED) is 0.633. The predicted molar refractivity (Wildman–Crippen MR) is 40.3 cm³/mol. The Morgan fingerprint density at radius 3 is 2.09 bits per heavy atom. The van der Waals surface area contributed by atoms with Crippen LogP contribution in [0, 0.1) is 5.41 Å². The molecule has 0 unspecified atom stereocenters. The number of rotatable bonds is 2. The van der Waals surface area contributed by atoms with Crippen molar-refractivity contribution >= 4 is 5.97 Å². The maximum Gasteiger partial charge on any atom is 0.309 e. The van der Waals surface area contributed by atoms with E-state index in [0.29, 0.717) is 0 Å². The molecule has 3 fully saturated rings. The highest BCUT2D eigenvalue weighted by Crippen LogP contribution is 2.69. The lowest BCUT2D eigenvalue weighted by atomic mass is 9.39. The lowest BCUT2D eigenvalue weighted by Gasteiger charge is -2.70. The third kappa shape index (κ3) is 0.601. The van der Waals surface area contributed by atoms with Crippen LogP contribution in [0.25, 0.3) is 0 Å². The Labute approximate surface area is 66.0 Å². The molecule has 1 N–H and O–H groups in total. The second kappa shape index (κ2) is 1.61. The molecule has 0 heterocycles. The molecule has 0 aromatic heterocycles. The van der Waals surface area contributed by atoms with Crippen molar-refractivity contribution in [3.63, 3.8) is 0 Å². The minimum atomic E-state index is -0.596. The number of carbonyl (C=O) groups is 1. The van der Waals surface area contributed by atoms with Gasteiger partial charge in [-0.15, -0.1) is 0 Å². The van der Waals surface area contributed by atoms with Crippen LogP contribution >= 0.6 is 0 Å². The van der Waals surface area contributed by atoms with Gasteiger partial charge in [-0.25, -0.2) is 0 Å². The molecule has 3 aliphatic rings. The Balaban J connectivity index is 2.04. The first-order valence-electron chi connectivity index (χ1n) is 3.92. The van der Waals surface area contributed by atoms with Crippen molar-refractivity contribution in [2.75, 3.05) is 14.1 Å². The Hall–Kier alpha value is -0.570.